The second kappa shape index (κ2) is 9.13. The molecule has 0 bridgehead atoms. The molecule has 3 amide bonds. The maximum Gasteiger partial charge on any atom is 0.294 e. The molecule has 2 aliphatic heterocycles. The topological polar surface area (TPSA) is 94.2 Å². The molecule has 8 nitrogen and oxygen atoms in total. The van der Waals surface area contributed by atoms with E-state index < -0.39 is 17.1 Å². The minimum Gasteiger partial charge on any atom is -0.494 e. The fraction of sp³-hybridized carbons (Fsp3) is 0.227. The van der Waals surface area contributed by atoms with Crippen LogP contribution in [0.3, 0.4) is 0 Å². The van der Waals surface area contributed by atoms with Crippen LogP contribution in [-0.2, 0) is 9.59 Å². The highest BCUT2D eigenvalue weighted by Crippen LogP contribution is 2.35. The molecule has 2 heterocycles. The van der Waals surface area contributed by atoms with Crippen LogP contribution in [0.25, 0.3) is 6.08 Å². The molecular weight excluding hydrogens is 420 g/mol. The first kappa shape index (κ1) is 20.8. The standard InChI is InChI=1S/C22H20N2O6S/c1-2-28-16-6-4-15(5-7-16)23-20(25)13-24-21(26)19(31-22(24)27)12-14-3-8-17-18(11-14)30-10-9-29-17/h3-8,11-12H,2,9-10,13H2,1H3,(H,23,25)/b19-12+. The van der Waals surface area contributed by atoms with Gasteiger partial charge in [0, 0.05) is 5.69 Å². The molecule has 0 saturated carbocycles. The maximum absolute atomic E-state index is 12.7. The Labute approximate surface area is 183 Å². The molecule has 160 valence electrons. The van der Waals surface area contributed by atoms with Crippen LogP contribution in [0.1, 0.15) is 12.5 Å². The van der Waals surface area contributed by atoms with Gasteiger partial charge in [-0.1, -0.05) is 6.07 Å². The Morgan fingerprint density at radius 3 is 2.61 bits per heavy atom. The summed E-state index contributed by atoms with van der Waals surface area (Å²) in [5.41, 5.74) is 1.25. The number of benzene rings is 2. The van der Waals surface area contributed by atoms with E-state index in [0.717, 1.165) is 16.7 Å². The Balaban J connectivity index is 1.41. The summed E-state index contributed by atoms with van der Waals surface area (Å²) in [6.45, 7) is 3.01. The van der Waals surface area contributed by atoms with Crippen LogP contribution < -0.4 is 19.5 Å². The van der Waals surface area contributed by atoms with Crippen LogP contribution in [0, 0.1) is 0 Å². The first-order valence-electron chi connectivity index (χ1n) is 9.71. The zero-order valence-corrected chi connectivity index (χ0v) is 17.6. The lowest BCUT2D eigenvalue weighted by Crippen LogP contribution is -2.36. The number of ether oxygens (including phenoxy) is 3. The minimum absolute atomic E-state index is 0.246. The number of fused-ring (bicyclic) bond motifs is 1. The summed E-state index contributed by atoms with van der Waals surface area (Å²) >= 11 is 0.800. The van der Waals surface area contributed by atoms with E-state index in [2.05, 4.69) is 5.32 Å². The third kappa shape index (κ3) is 4.83. The van der Waals surface area contributed by atoms with Crippen molar-refractivity contribution in [2.24, 2.45) is 0 Å². The van der Waals surface area contributed by atoms with Gasteiger partial charge in [0.1, 0.15) is 25.5 Å². The van der Waals surface area contributed by atoms with Crippen molar-refractivity contribution in [2.45, 2.75) is 6.92 Å². The molecule has 2 aromatic carbocycles. The van der Waals surface area contributed by atoms with E-state index in [1.807, 2.05) is 6.92 Å². The highest BCUT2D eigenvalue weighted by atomic mass is 32.2. The van der Waals surface area contributed by atoms with Gasteiger partial charge in [0.2, 0.25) is 5.91 Å². The predicted molar refractivity (Wildman–Crippen MR) is 116 cm³/mol. The van der Waals surface area contributed by atoms with Gasteiger partial charge < -0.3 is 19.5 Å². The molecule has 1 saturated heterocycles. The van der Waals surface area contributed by atoms with Crippen molar-refractivity contribution in [3.05, 3.63) is 52.9 Å². The van der Waals surface area contributed by atoms with E-state index in [0.29, 0.717) is 48.3 Å². The van der Waals surface area contributed by atoms with Crippen LogP contribution in [-0.4, -0.2) is 48.3 Å². The lowest BCUT2D eigenvalue weighted by atomic mass is 10.1. The van der Waals surface area contributed by atoms with Gasteiger partial charge >= 0.3 is 0 Å². The number of nitrogens with zero attached hydrogens (tertiary/aromatic N) is 1. The van der Waals surface area contributed by atoms with Crippen molar-refractivity contribution in [3.8, 4) is 17.2 Å². The number of carbonyl (C=O) groups is 3. The minimum atomic E-state index is -0.508. The molecule has 1 fully saturated rings. The van der Waals surface area contributed by atoms with Crippen molar-refractivity contribution < 1.29 is 28.6 Å². The quantitative estimate of drug-likeness (QED) is 0.687. The monoisotopic (exact) mass is 440 g/mol. The second-order valence-corrected chi connectivity index (χ2v) is 7.67. The molecular formula is C22H20N2O6S. The fourth-order valence-electron chi connectivity index (χ4n) is 3.08. The fourth-order valence-corrected chi connectivity index (χ4v) is 3.92. The zero-order chi connectivity index (χ0) is 21.8. The van der Waals surface area contributed by atoms with E-state index in [9.17, 15) is 14.4 Å². The normalized spacial score (nSPS) is 16.5. The van der Waals surface area contributed by atoms with E-state index in [4.69, 9.17) is 14.2 Å². The van der Waals surface area contributed by atoms with Gasteiger partial charge in [-0.15, -0.1) is 0 Å². The zero-order valence-electron chi connectivity index (χ0n) is 16.8. The summed E-state index contributed by atoms with van der Waals surface area (Å²) in [7, 11) is 0. The van der Waals surface area contributed by atoms with Crippen molar-refractivity contribution >= 4 is 40.6 Å². The molecule has 0 spiro atoms. The van der Waals surface area contributed by atoms with Crippen LogP contribution >= 0.6 is 11.8 Å². The second-order valence-electron chi connectivity index (χ2n) is 6.68. The molecule has 2 aliphatic rings. The van der Waals surface area contributed by atoms with Crippen LogP contribution in [0.4, 0.5) is 10.5 Å². The van der Waals surface area contributed by atoms with Gasteiger partial charge in [-0.25, -0.2) is 0 Å². The van der Waals surface area contributed by atoms with Crippen molar-refractivity contribution in [2.75, 3.05) is 31.7 Å². The lowest BCUT2D eigenvalue weighted by molar-refractivity contribution is -0.127. The summed E-state index contributed by atoms with van der Waals surface area (Å²) in [4.78, 5) is 38.5. The number of nitrogens with one attached hydrogen (secondary N) is 1. The number of thioether (sulfide) groups is 1. The summed E-state index contributed by atoms with van der Waals surface area (Å²) in [6, 6.07) is 12.1. The Morgan fingerprint density at radius 2 is 1.87 bits per heavy atom. The van der Waals surface area contributed by atoms with E-state index in [1.165, 1.54) is 0 Å². The first-order chi connectivity index (χ1) is 15.0. The van der Waals surface area contributed by atoms with Crippen LogP contribution in [0.5, 0.6) is 17.2 Å². The molecule has 1 N–H and O–H groups in total. The number of amides is 3. The highest BCUT2D eigenvalue weighted by molar-refractivity contribution is 8.18. The number of hydrogen-bond acceptors (Lipinski definition) is 7. The molecule has 0 aliphatic carbocycles. The molecule has 0 aromatic heterocycles. The highest BCUT2D eigenvalue weighted by Gasteiger charge is 2.36. The van der Waals surface area contributed by atoms with Gasteiger partial charge in [0.05, 0.1) is 11.5 Å². The summed E-state index contributed by atoms with van der Waals surface area (Å²) < 4.78 is 16.4. The van der Waals surface area contributed by atoms with Crippen molar-refractivity contribution in [3.63, 3.8) is 0 Å². The van der Waals surface area contributed by atoms with Gasteiger partial charge in [-0.2, -0.15) is 0 Å². The summed E-state index contributed by atoms with van der Waals surface area (Å²) in [6.07, 6.45) is 1.60. The molecule has 2 aromatic rings. The van der Waals surface area contributed by atoms with E-state index >= 15 is 0 Å². The molecule has 0 unspecified atom stereocenters. The Bertz CT molecular complexity index is 1050. The van der Waals surface area contributed by atoms with Gasteiger partial charge in [0.15, 0.2) is 11.5 Å². The Morgan fingerprint density at radius 1 is 1.13 bits per heavy atom. The molecule has 9 heteroatoms. The third-order valence-corrected chi connectivity index (χ3v) is 5.40. The predicted octanol–water partition coefficient (Wildman–Crippen LogP) is 3.53. The number of imide groups is 1. The number of carbonyl (C=O) groups excluding carboxylic acids is 3. The van der Waals surface area contributed by atoms with Gasteiger partial charge in [0.25, 0.3) is 11.1 Å². The van der Waals surface area contributed by atoms with Gasteiger partial charge in [-0.3, -0.25) is 19.3 Å². The average molecular weight is 440 g/mol. The number of hydrogen-bond donors (Lipinski definition) is 1. The first-order valence-corrected chi connectivity index (χ1v) is 10.5. The third-order valence-electron chi connectivity index (χ3n) is 4.49. The Kier molecular flexibility index (Phi) is 6.13. The number of anilines is 1. The van der Waals surface area contributed by atoms with Gasteiger partial charge in [-0.05, 0) is 66.7 Å². The maximum atomic E-state index is 12.7. The van der Waals surface area contributed by atoms with E-state index in [1.54, 1.807) is 48.5 Å². The van der Waals surface area contributed by atoms with Crippen LogP contribution in [0.2, 0.25) is 0 Å². The molecule has 31 heavy (non-hydrogen) atoms. The lowest BCUT2D eigenvalue weighted by Gasteiger charge is -2.18. The molecule has 0 atom stereocenters. The van der Waals surface area contributed by atoms with Crippen LogP contribution in [0.15, 0.2) is 47.4 Å². The smallest absolute Gasteiger partial charge is 0.294 e. The summed E-state index contributed by atoms with van der Waals surface area (Å²) in [5, 5.41) is 2.19. The average Bonchev–Trinajstić information content (AvgIpc) is 3.02. The van der Waals surface area contributed by atoms with Crippen molar-refractivity contribution in [1.82, 2.24) is 4.90 Å². The molecule has 0 radical (unpaired) electrons. The largest absolute Gasteiger partial charge is 0.494 e. The molecule has 4 rings (SSSR count). The van der Waals surface area contributed by atoms with Crippen molar-refractivity contribution in [1.29, 1.82) is 0 Å². The SMILES string of the molecule is CCOc1ccc(NC(=O)CN2C(=O)S/C(=C/c3ccc4c(c3)OCCO4)C2=O)cc1. The Hall–Kier alpha value is -3.46. The van der Waals surface area contributed by atoms with E-state index in [-0.39, 0.29) is 11.4 Å². The number of rotatable bonds is 6. The summed E-state index contributed by atoms with van der Waals surface area (Å²) in [5.74, 6) is 0.950.